The average Bonchev–Trinajstić information content (AvgIpc) is 3.09. The van der Waals surface area contributed by atoms with Crippen molar-refractivity contribution in [1.82, 2.24) is 0 Å². The van der Waals surface area contributed by atoms with Gasteiger partial charge in [0.2, 0.25) is 0 Å². The molecule has 0 aliphatic heterocycles. The third-order valence-corrected chi connectivity index (χ3v) is 6.70. The molecule has 0 spiro atoms. The number of hydrogen-bond donors (Lipinski definition) is 2. The molecule has 29 heavy (non-hydrogen) atoms. The van der Waals surface area contributed by atoms with Crippen molar-refractivity contribution in [3.63, 3.8) is 0 Å². The van der Waals surface area contributed by atoms with E-state index < -0.39 is 5.91 Å². The number of amides is 2. The lowest BCUT2D eigenvalue weighted by molar-refractivity contribution is -0.118. The fraction of sp³-hybridized carbons (Fsp3) is 0.304. The van der Waals surface area contributed by atoms with Crippen LogP contribution < -0.4 is 15.8 Å². The summed E-state index contributed by atoms with van der Waals surface area (Å²) in [7, 11) is 0. The first-order valence-electron chi connectivity index (χ1n) is 9.91. The van der Waals surface area contributed by atoms with Crippen LogP contribution >= 0.6 is 11.3 Å². The Labute approximate surface area is 173 Å². The van der Waals surface area contributed by atoms with Crippen molar-refractivity contribution < 1.29 is 14.3 Å². The molecule has 3 aromatic rings. The van der Waals surface area contributed by atoms with Crippen molar-refractivity contribution >= 4 is 38.9 Å². The SMILES string of the molecule is CC[C@H]1CCc2c(sc(NC(=O)COc3ccc4ccccc4c3)c2C(N)=O)C1. The van der Waals surface area contributed by atoms with Gasteiger partial charge < -0.3 is 15.8 Å². The first-order chi connectivity index (χ1) is 14.0. The van der Waals surface area contributed by atoms with Gasteiger partial charge in [0.25, 0.3) is 11.8 Å². The number of thiophene rings is 1. The number of benzene rings is 2. The lowest BCUT2D eigenvalue weighted by Crippen LogP contribution is -2.22. The van der Waals surface area contributed by atoms with Crippen molar-refractivity contribution in [2.45, 2.75) is 32.6 Å². The van der Waals surface area contributed by atoms with Gasteiger partial charge in [-0.05, 0) is 53.6 Å². The molecule has 5 nitrogen and oxygen atoms in total. The van der Waals surface area contributed by atoms with E-state index in [0.29, 0.717) is 22.2 Å². The number of nitrogens with two attached hydrogens (primary N) is 1. The van der Waals surface area contributed by atoms with Crippen molar-refractivity contribution in [2.24, 2.45) is 11.7 Å². The summed E-state index contributed by atoms with van der Waals surface area (Å²) in [5, 5.41) is 5.56. The number of hydrogen-bond acceptors (Lipinski definition) is 4. The normalized spacial score (nSPS) is 15.7. The molecule has 4 rings (SSSR count). The molecule has 0 radical (unpaired) electrons. The molecule has 0 saturated carbocycles. The fourth-order valence-electron chi connectivity index (χ4n) is 3.92. The Morgan fingerprint density at radius 3 is 2.76 bits per heavy atom. The standard InChI is InChI=1S/C23H24N2O3S/c1-2-14-7-10-18-19(11-14)29-23(21(18)22(24)27)25-20(26)13-28-17-9-8-15-5-3-4-6-16(15)12-17/h3-6,8-9,12,14H,2,7,10-11,13H2,1H3,(H2,24,27)(H,25,26)/t14-/m0/s1. The van der Waals surface area contributed by atoms with E-state index in [2.05, 4.69) is 12.2 Å². The van der Waals surface area contributed by atoms with Crippen LogP contribution in [0.1, 0.15) is 40.6 Å². The first kappa shape index (κ1) is 19.5. The molecule has 6 heteroatoms. The molecule has 2 aromatic carbocycles. The molecule has 0 fully saturated rings. The zero-order chi connectivity index (χ0) is 20.4. The third kappa shape index (κ3) is 4.12. The van der Waals surface area contributed by atoms with Gasteiger partial charge in [0.1, 0.15) is 10.8 Å². The van der Waals surface area contributed by atoms with Crippen LogP contribution in [0.4, 0.5) is 5.00 Å². The number of carbonyl (C=O) groups is 2. The minimum absolute atomic E-state index is 0.128. The Hall–Kier alpha value is -2.86. The number of fused-ring (bicyclic) bond motifs is 2. The number of rotatable bonds is 6. The van der Waals surface area contributed by atoms with E-state index in [4.69, 9.17) is 10.5 Å². The highest BCUT2D eigenvalue weighted by Crippen LogP contribution is 2.40. The molecule has 1 aromatic heterocycles. The van der Waals surface area contributed by atoms with Crippen LogP contribution in [0, 0.1) is 5.92 Å². The average molecular weight is 409 g/mol. The van der Waals surface area contributed by atoms with Crippen LogP contribution in [-0.2, 0) is 17.6 Å². The first-order valence-corrected chi connectivity index (χ1v) is 10.7. The van der Waals surface area contributed by atoms with E-state index in [0.717, 1.165) is 42.0 Å². The number of ether oxygens (including phenoxy) is 1. The van der Waals surface area contributed by atoms with Crippen LogP contribution in [0.25, 0.3) is 10.8 Å². The van der Waals surface area contributed by atoms with Crippen LogP contribution in [0.2, 0.25) is 0 Å². The maximum atomic E-state index is 12.5. The molecule has 3 N–H and O–H groups in total. The molecule has 2 amide bonds. The van der Waals surface area contributed by atoms with Crippen molar-refractivity contribution in [3.05, 3.63) is 58.5 Å². The molecule has 150 valence electrons. The summed E-state index contributed by atoms with van der Waals surface area (Å²) in [6, 6.07) is 13.7. The summed E-state index contributed by atoms with van der Waals surface area (Å²) < 4.78 is 5.66. The molecular weight excluding hydrogens is 384 g/mol. The summed E-state index contributed by atoms with van der Waals surface area (Å²) in [6.45, 7) is 2.06. The van der Waals surface area contributed by atoms with E-state index >= 15 is 0 Å². The zero-order valence-corrected chi connectivity index (χ0v) is 17.2. The topological polar surface area (TPSA) is 81.4 Å². The Kier molecular flexibility index (Phi) is 5.53. The molecule has 1 aliphatic rings. The quantitative estimate of drug-likeness (QED) is 0.629. The van der Waals surface area contributed by atoms with Gasteiger partial charge in [0.05, 0.1) is 5.56 Å². The fourth-order valence-corrected chi connectivity index (χ4v) is 5.30. The minimum atomic E-state index is -0.483. The lowest BCUT2D eigenvalue weighted by atomic mass is 9.85. The van der Waals surface area contributed by atoms with Crippen LogP contribution in [-0.4, -0.2) is 18.4 Å². The second kappa shape index (κ2) is 8.25. The highest BCUT2D eigenvalue weighted by atomic mass is 32.1. The van der Waals surface area contributed by atoms with Crippen LogP contribution in [0.3, 0.4) is 0 Å². The zero-order valence-electron chi connectivity index (χ0n) is 16.4. The van der Waals surface area contributed by atoms with E-state index in [1.165, 1.54) is 16.2 Å². The predicted molar refractivity (Wildman–Crippen MR) is 117 cm³/mol. The monoisotopic (exact) mass is 408 g/mol. The predicted octanol–water partition coefficient (Wildman–Crippen LogP) is 4.53. The number of primary amides is 1. The van der Waals surface area contributed by atoms with E-state index in [9.17, 15) is 9.59 Å². The third-order valence-electron chi connectivity index (χ3n) is 5.53. The van der Waals surface area contributed by atoms with Gasteiger partial charge in [-0.3, -0.25) is 9.59 Å². The van der Waals surface area contributed by atoms with Gasteiger partial charge in [-0.15, -0.1) is 11.3 Å². The van der Waals surface area contributed by atoms with Crippen molar-refractivity contribution in [1.29, 1.82) is 0 Å². The van der Waals surface area contributed by atoms with Crippen LogP contribution in [0.5, 0.6) is 5.75 Å². The number of carbonyl (C=O) groups excluding carboxylic acids is 2. The second-order valence-corrected chi connectivity index (χ2v) is 8.54. The Balaban J connectivity index is 1.46. The summed E-state index contributed by atoms with van der Waals surface area (Å²) >= 11 is 1.47. The Bertz CT molecular complexity index is 1070. The maximum absolute atomic E-state index is 12.5. The van der Waals surface area contributed by atoms with Crippen LogP contribution in [0.15, 0.2) is 42.5 Å². The summed E-state index contributed by atoms with van der Waals surface area (Å²) in [4.78, 5) is 25.7. The van der Waals surface area contributed by atoms with E-state index in [-0.39, 0.29) is 12.5 Å². The number of nitrogens with one attached hydrogen (secondary N) is 1. The van der Waals surface area contributed by atoms with Gasteiger partial charge in [0.15, 0.2) is 6.61 Å². The van der Waals surface area contributed by atoms with E-state index in [1.54, 1.807) is 0 Å². The molecule has 0 bridgehead atoms. The van der Waals surface area contributed by atoms with Gasteiger partial charge >= 0.3 is 0 Å². The van der Waals surface area contributed by atoms with Gasteiger partial charge in [0, 0.05) is 4.88 Å². The second-order valence-electron chi connectivity index (χ2n) is 7.44. The summed E-state index contributed by atoms with van der Waals surface area (Å²) in [5.41, 5.74) is 7.11. The van der Waals surface area contributed by atoms with Gasteiger partial charge in [-0.1, -0.05) is 43.7 Å². The molecule has 1 atom stereocenters. The van der Waals surface area contributed by atoms with Gasteiger partial charge in [-0.25, -0.2) is 0 Å². The Morgan fingerprint density at radius 1 is 1.21 bits per heavy atom. The largest absolute Gasteiger partial charge is 0.484 e. The number of anilines is 1. The summed E-state index contributed by atoms with van der Waals surface area (Å²) in [6.07, 6.45) is 3.95. The Morgan fingerprint density at radius 2 is 2.00 bits per heavy atom. The lowest BCUT2D eigenvalue weighted by Gasteiger charge is -2.20. The van der Waals surface area contributed by atoms with Crippen molar-refractivity contribution in [3.8, 4) is 5.75 Å². The molecular formula is C23H24N2O3S. The smallest absolute Gasteiger partial charge is 0.262 e. The highest BCUT2D eigenvalue weighted by Gasteiger charge is 2.28. The summed E-state index contributed by atoms with van der Waals surface area (Å²) in [5.74, 6) is 0.474. The van der Waals surface area contributed by atoms with E-state index in [1.807, 2.05) is 42.5 Å². The highest BCUT2D eigenvalue weighted by molar-refractivity contribution is 7.17. The molecule has 0 unspecified atom stereocenters. The van der Waals surface area contributed by atoms with Crippen molar-refractivity contribution in [2.75, 3.05) is 11.9 Å². The van der Waals surface area contributed by atoms with Gasteiger partial charge in [-0.2, -0.15) is 0 Å². The maximum Gasteiger partial charge on any atom is 0.262 e. The molecule has 1 heterocycles. The molecule has 1 aliphatic carbocycles. The minimum Gasteiger partial charge on any atom is -0.484 e. The molecule has 0 saturated heterocycles.